The van der Waals surface area contributed by atoms with Gasteiger partial charge < -0.3 is 20.4 Å². The first-order valence-corrected chi connectivity index (χ1v) is 10.5. The fraction of sp³-hybridized carbons (Fsp3) is 0.292. The van der Waals surface area contributed by atoms with E-state index in [4.69, 9.17) is 20.4 Å². The van der Waals surface area contributed by atoms with E-state index >= 15 is 0 Å². The minimum absolute atomic E-state index is 0.0398. The Kier molecular flexibility index (Phi) is 5.75. The molecule has 2 heterocycles. The molecule has 0 aliphatic rings. The van der Waals surface area contributed by atoms with E-state index in [1.807, 2.05) is 66.9 Å². The number of ether oxygens (including phenoxy) is 1. The molecule has 0 aliphatic carbocycles. The predicted molar refractivity (Wildman–Crippen MR) is 123 cm³/mol. The average molecular weight is 418 g/mol. The van der Waals surface area contributed by atoms with Crippen LogP contribution in [0, 0.1) is 0 Å². The van der Waals surface area contributed by atoms with Crippen molar-refractivity contribution in [2.24, 2.45) is 0 Å². The van der Waals surface area contributed by atoms with Crippen molar-refractivity contribution in [1.82, 2.24) is 19.9 Å². The van der Waals surface area contributed by atoms with Gasteiger partial charge in [-0.25, -0.2) is 9.97 Å². The molecule has 4 rings (SSSR count). The summed E-state index contributed by atoms with van der Waals surface area (Å²) < 4.78 is 7.13. The fourth-order valence-electron chi connectivity index (χ4n) is 3.60. The zero-order valence-corrected chi connectivity index (χ0v) is 18.1. The molecule has 31 heavy (non-hydrogen) atoms. The highest BCUT2D eigenvalue weighted by Gasteiger charge is 2.24. The van der Waals surface area contributed by atoms with Crippen molar-refractivity contribution in [3.8, 4) is 5.75 Å². The van der Waals surface area contributed by atoms with Crippen LogP contribution in [-0.4, -0.2) is 33.6 Å². The van der Waals surface area contributed by atoms with Crippen molar-refractivity contribution in [2.45, 2.75) is 39.3 Å². The largest absolute Gasteiger partial charge is 0.497 e. The molecule has 0 bridgehead atoms. The van der Waals surface area contributed by atoms with E-state index < -0.39 is 0 Å². The average Bonchev–Trinajstić information content (AvgIpc) is 3.06. The van der Waals surface area contributed by atoms with Gasteiger partial charge in [0.05, 0.1) is 18.1 Å². The van der Waals surface area contributed by atoms with Gasteiger partial charge in [0.2, 0.25) is 0 Å². The van der Waals surface area contributed by atoms with Crippen molar-refractivity contribution >= 4 is 33.9 Å². The number of nitrogens with one attached hydrogen (secondary N) is 1. The molecule has 1 amide bonds. The maximum Gasteiger partial charge on any atom is 0.257 e. The van der Waals surface area contributed by atoms with Crippen LogP contribution in [0.1, 0.15) is 36.2 Å². The van der Waals surface area contributed by atoms with Gasteiger partial charge in [-0.2, -0.15) is 0 Å². The number of aromatic nitrogens is 3. The monoisotopic (exact) mass is 417 g/mol. The van der Waals surface area contributed by atoms with E-state index in [2.05, 4.69) is 5.32 Å². The molecule has 0 radical (unpaired) electrons. The maximum atomic E-state index is 13.1. The van der Waals surface area contributed by atoms with Crippen LogP contribution < -0.4 is 15.8 Å². The maximum absolute atomic E-state index is 13.1. The van der Waals surface area contributed by atoms with Crippen molar-refractivity contribution < 1.29 is 9.53 Å². The molecule has 0 saturated carbocycles. The van der Waals surface area contributed by atoms with Gasteiger partial charge in [0.1, 0.15) is 22.6 Å². The number of amides is 1. The molecule has 7 heteroatoms. The third-order valence-electron chi connectivity index (χ3n) is 5.59. The third kappa shape index (κ3) is 4.03. The Balaban J connectivity index is 1.78. The quantitative estimate of drug-likeness (QED) is 0.475. The van der Waals surface area contributed by atoms with Crippen molar-refractivity contribution in [3.63, 3.8) is 0 Å². The number of benzene rings is 2. The molecule has 2 aromatic carbocycles. The zero-order chi connectivity index (χ0) is 22.0. The molecule has 1 unspecified atom stereocenters. The van der Waals surface area contributed by atoms with Gasteiger partial charge in [0.15, 0.2) is 5.65 Å². The van der Waals surface area contributed by atoms with Crippen molar-refractivity contribution in [3.05, 3.63) is 59.7 Å². The lowest BCUT2D eigenvalue weighted by Gasteiger charge is -2.11. The zero-order valence-electron chi connectivity index (χ0n) is 18.1. The molecule has 0 aliphatic heterocycles. The number of carbonyl (C=O) groups excluding carboxylic acids is 1. The van der Waals surface area contributed by atoms with Crippen LogP contribution in [0.2, 0.25) is 0 Å². The van der Waals surface area contributed by atoms with E-state index in [1.54, 1.807) is 7.11 Å². The molecule has 4 aromatic rings. The molecule has 3 N–H and O–H groups in total. The van der Waals surface area contributed by atoms with E-state index in [0.717, 1.165) is 35.2 Å². The van der Waals surface area contributed by atoms with Crippen LogP contribution in [-0.2, 0) is 13.0 Å². The Morgan fingerprint density at radius 1 is 1.13 bits per heavy atom. The summed E-state index contributed by atoms with van der Waals surface area (Å²) >= 11 is 0. The van der Waals surface area contributed by atoms with E-state index in [9.17, 15) is 4.79 Å². The smallest absolute Gasteiger partial charge is 0.257 e. The molecule has 160 valence electrons. The van der Waals surface area contributed by atoms with Crippen LogP contribution in [0.15, 0.2) is 48.5 Å². The molecule has 0 spiro atoms. The minimum atomic E-state index is -0.218. The Bertz CT molecular complexity index is 1230. The van der Waals surface area contributed by atoms with Gasteiger partial charge in [-0.3, -0.25) is 4.79 Å². The van der Waals surface area contributed by atoms with Crippen molar-refractivity contribution in [1.29, 1.82) is 0 Å². The summed E-state index contributed by atoms with van der Waals surface area (Å²) in [5.41, 5.74) is 10.7. The number of para-hydroxylation sites is 2. The van der Waals surface area contributed by atoms with Crippen LogP contribution in [0.4, 0.5) is 5.82 Å². The van der Waals surface area contributed by atoms with Crippen LogP contribution >= 0.6 is 0 Å². The van der Waals surface area contributed by atoms with E-state index in [0.29, 0.717) is 29.1 Å². The highest BCUT2D eigenvalue weighted by Crippen LogP contribution is 2.28. The molecule has 2 aromatic heterocycles. The highest BCUT2D eigenvalue weighted by atomic mass is 16.5. The Hall–Kier alpha value is -3.61. The summed E-state index contributed by atoms with van der Waals surface area (Å²) in [6.07, 6.45) is 1.56. The molecular formula is C24H27N5O2. The Labute approximate surface area is 181 Å². The second kappa shape index (κ2) is 8.63. The third-order valence-corrected chi connectivity index (χ3v) is 5.59. The number of nitrogens with two attached hydrogens (primary N) is 1. The number of hydrogen-bond donors (Lipinski definition) is 2. The normalized spacial score (nSPS) is 12.2. The van der Waals surface area contributed by atoms with E-state index in [-0.39, 0.29) is 11.9 Å². The van der Waals surface area contributed by atoms with Crippen LogP contribution in [0.3, 0.4) is 0 Å². The molecule has 0 fully saturated rings. The number of carbonyl (C=O) groups is 1. The van der Waals surface area contributed by atoms with Gasteiger partial charge in [0.25, 0.3) is 5.91 Å². The summed E-state index contributed by atoms with van der Waals surface area (Å²) in [5.74, 6) is 0.986. The lowest BCUT2D eigenvalue weighted by molar-refractivity contribution is 0.0941. The fourth-order valence-corrected chi connectivity index (χ4v) is 3.60. The summed E-state index contributed by atoms with van der Waals surface area (Å²) in [6.45, 7) is 4.58. The van der Waals surface area contributed by atoms with Gasteiger partial charge in [-0.05, 0) is 49.6 Å². The van der Waals surface area contributed by atoms with E-state index in [1.165, 1.54) is 0 Å². The predicted octanol–water partition coefficient (Wildman–Crippen LogP) is 3.95. The summed E-state index contributed by atoms with van der Waals surface area (Å²) in [4.78, 5) is 22.6. The number of nitrogen functional groups attached to an aromatic ring is 1. The molecule has 1 atom stereocenters. The van der Waals surface area contributed by atoms with Crippen LogP contribution in [0.25, 0.3) is 22.2 Å². The second-order valence-corrected chi connectivity index (χ2v) is 7.68. The van der Waals surface area contributed by atoms with Gasteiger partial charge in [-0.15, -0.1) is 0 Å². The first-order valence-electron chi connectivity index (χ1n) is 10.5. The number of anilines is 1. The van der Waals surface area contributed by atoms with Crippen molar-refractivity contribution in [2.75, 3.05) is 12.8 Å². The highest BCUT2D eigenvalue weighted by molar-refractivity contribution is 6.10. The summed E-state index contributed by atoms with van der Waals surface area (Å²) in [6, 6.07) is 15.6. The Morgan fingerprint density at radius 3 is 2.45 bits per heavy atom. The second-order valence-electron chi connectivity index (χ2n) is 7.68. The molecular weight excluding hydrogens is 390 g/mol. The lowest BCUT2D eigenvalue weighted by Crippen LogP contribution is -2.32. The first-order chi connectivity index (χ1) is 15.0. The lowest BCUT2D eigenvalue weighted by atomic mass is 10.1. The Morgan fingerprint density at radius 2 is 1.81 bits per heavy atom. The number of methoxy groups -OCH3 is 1. The van der Waals surface area contributed by atoms with Crippen LogP contribution in [0.5, 0.6) is 5.75 Å². The van der Waals surface area contributed by atoms with Gasteiger partial charge in [-0.1, -0.05) is 31.2 Å². The minimum Gasteiger partial charge on any atom is -0.497 e. The topological polar surface area (TPSA) is 95.1 Å². The number of fused-ring (bicyclic) bond motifs is 2. The number of rotatable bonds is 7. The first kappa shape index (κ1) is 20.7. The number of hydrogen-bond acceptors (Lipinski definition) is 5. The summed E-state index contributed by atoms with van der Waals surface area (Å²) in [5, 5.41) is 3.01. The molecule has 0 saturated heterocycles. The van der Waals surface area contributed by atoms with Gasteiger partial charge in [0, 0.05) is 12.6 Å². The van der Waals surface area contributed by atoms with Gasteiger partial charge >= 0.3 is 0 Å². The molecule has 7 nitrogen and oxygen atoms in total. The SMILES string of the molecule is CCC(C)NC(=O)c1c(N)n(CCc2ccc(OC)cc2)c2nc3ccccc3nc12. The summed E-state index contributed by atoms with van der Waals surface area (Å²) in [7, 11) is 1.65. The standard InChI is InChI=1S/C24H27N5O2/c1-4-15(2)26-24(30)20-21-23(28-19-8-6-5-7-18(19)27-21)29(22(20)25)14-13-16-9-11-17(31-3)12-10-16/h5-12,15H,4,13-14,25H2,1-3H3,(H,26,30). The number of nitrogens with zero attached hydrogens (tertiary/aromatic N) is 3. The number of aryl methyl sites for hydroxylation is 2.